The molecule has 31 heavy (non-hydrogen) atoms. The summed E-state index contributed by atoms with van der Waals surface area (Å²) in [5.74, 6) is 0.540. The molecule has 8 heteroatoms. The van der Waals surface area contributed by atoms with Crippen LogP contribution in [0.3, 0.4) is 0 Å². The second-order valence-electron chi connectivity index (χ2n) is 6.68. The maximum Gasteiger partial charge on any atom is 0.295 e. The van der Waals surface area contributed by atoms with E-state index in [9.17, 15) is 9.90 Å². The van der Waals surface area contributed by atoms with Gasteiger partial charge in [0.25, 0.3) is 5.91 Å². The van der Waals surface area contributed by atoms with Crippen LogP contribution in [0.25, 0.3) is 10.9 Å². The van der Waals surface area contributed by atoms with E-state index in [-0.39, 0.29) is 11.6 Å². The number of fused-ring (bicyclic) bond motifs is 1. The van der Waals surface area contributed by atoms with Gasteiger partial charge in [-0.3, -0.25) is 4.79 Å². The monoisotopic (exact) mass is 479 g/mol. The molecule has 0 fully saturated rings. The molecule has 1 amide bonds. The lowest BCUT2D eigenvalue weighted by Crippen LogP contribution is -1.97. The third-order valence-electron chi connectivity index (χ3n) is 4.62. The van der Waals surface area contributed by atoms with Gasteiger partial charge < -0.3 is 19.6 Å². The fraction of sp³-hybridized carbons (Fsp3) is 0.0870. The molecule has 2 N–H and O–H groups in total. The molecule has 1 aromatic heterocycles. The highest BCUT2D eigenvalue weighted by Gasteiger charge is 2.13. The number of azo groups is 1. The Hall–Kier alpha value is -3.65. The van der Waals surface area contributed by atoms with Crippen LogP contribution in [0.5, 0.6) is 17.4 Å². The van der Waals surface area contributed by atoms with E-state index in [1.54, 1.807) is 49.6 Å². The van der Waals surface area contributed by atoms with Crippen LogP contribution in [0.1, 0.15) is 15.9 Å². The van der Waals surface area contributed by atoms with E-state index in [1.165, 1.54) is 0 Å². The van der Waals surface area contributed by atoms with Gasteiger partial charge in [0.2, 0.25) is 5.88 Å². The quantitative estimate of drug-likeness (QED) is 0.324. The van der Waals surface area contributed by atoms with Gasteiger partial charge in [-0.1, -0.05) is 28.1 Å². The summed E-state index contributed by atoms with van der Waals surface area (Å²) in [6, 6.07) is 19.7. The molecule has 0 aliphatic heterocycles. The number of halogens is 1. The van der Waals surface area contributed by atoms with Crippen LogP contribution < -0.4 is 9.47 Å². The zero-order valence-electron chi connectivity index (χ0n) is 16.5. The van der Waals surface area contributed by atoms with E-state index >= 15 is 0 Å². The molecule has 0 bridgehead atoms. The van der Waals surface area contributed by atoms with E-state index in [0.717, 1.165) is 10.0 Å². The number of aromatic amines is 1. The molecular formula is C23H18BrN3O4. The number of carbonyl (C=O) groups excluding carboxylic acids is 1. The summed E-state index contributed by atoms with van der Waals surface area (Å²) in [6.45, 7) is 0.420. The number of aromatic hydroxyl groups is 1. The lowest BCUT2D eigenvalue weighted by Gasteiger charge is -2.06. The first-order valence-corrected chi connectivity index (χ1v) is 10.1. The Balaban J connectivity index is 1.45. The topological polar surface area (TPSA) is 96.3 Å². The van der Waals surface area contributed by atoms with Crippen LogP contribution >= 0.6 is 15.9 Å². The second kappa shape index (κ2) is 9.01. The van der Waals surface area contributed by atoms with Crippen LogP contribution in [0.4, 0.5) is 5.69 Å². The van der Waals surface area contributed by atoms with Gasteiger partial charge in [-0.05, 0) is 60.2 Å². The zero-order valence-corrected chi connectivity index (χ0v) is 18.1. The molecule has 0 aliphatic rings. The van der Waals surface area contributed by atoms with Crippen molar-refractivity contribution in [1.29, 1.82) is 0 Å². The summed E-state index contributed by atoms with van der Waals surface area (Å²) in [7, 11) is 1.55. The van der Waals surface area contributed by atoms with Crippen molar-refractivity contribution in [1.82, 2.24) is 4.98 Å². The Kier molecular flexibility index (Phi) is 5.99. The van der Waals surface area contributed by atoms with Gasteiger partial charge >= 0.3 is 0 Å². The number of rotatable bonds is 6. The number of amides is 1. The van der Waals surface area contributed by atoms with Crippen molar-refractivity contribution in [3.63, 3.8) is 0 Å². The molecule has 0 unspecified atom stereocenters. The molecule has 0 saturated carbocycles. The number of hydrogen-bond donors (Lipinski definition) is 2. The minimum atomic E-state index is -0.531. The molecule has 1 heterocycles. The normalized spacial score (nSPS) is 11.2. The van der Waals surface area contributed by atoms with E-state index in [4.69, 9.17) is 9.47 Å². The molecule has 4 aromatic rings. The maximum atomic E-state index is 12.4. The molecule has 7 nitrogen and oxygen atoms in total. The molecule has 0 saturated heterocycles. The van der Waals surface area contributed by atoms with Gasteiger partial charge in [-0.25, -0.2) is 0 Å². The number of nitrogens with zero attached hydrogens (tertiary/aromatic N) is 2. The van der Waals surface area contributed by atoms with Crippen molar-refractivity contribution in [2.75, 3.05) is 7.11 Å². The third-order valence-corrected chi connectivity index (χ3v) is 5.15. The Morgan fingerprint density at radius 1 is 1.03 bits per heavy atom. The number of benzene rings is 3. The molecule has 4 rings (SSSR count). The Bertz CT molecular complexity index is 1250. The lowest BCUT2D eigenvalue weighted by atomic mass is 10.2. The molecule has 3 aromatic carbocycles. The molecule has 0 radical (unpaired) electrons. The molecule has 0 aliphatic carbocycles. The fourth-order valence-electron chi connectivity index (χ4n) is 2.96. The smallest absolute Gasteiger partial charge is 0.295 e. The first kappa shape index (κ1) is 20.6. The zero-order chi connectivity index (χ0) is 21.8. The van der Waals surface area contributed by atoms with Crippen molar-refractivity contribution in [3.8, 4) is 17.4 Å². The van der Waals surface area contributed by atoms with Crippen LogP contribution in [-0.4, -0.2) is 23.1 Å². The molecule has 0 spiro atoms. The third kappa shape index (κ3) is 4.75. The van der Waals surface area contributed by atoms with E-state index in [2.05, 4.69) is 31.1 Å². The van der Waals surface area contributed by atoms with Crippen molar-refractivity contribution in [2.24, 2.45) is 10.2 Å². The standard InChI is InChI=1S/C23H18BrN3O4/c1-30-18-10-11-20-19(12-18)21(23(29)25-20)26-27-22(28)15-4-8-17(9-5-15)31-13-14-2-6-16(24)7-3-14/h2-12,25,29H,13H2,1H3. The highest BCUT2D eigenvalue weighted by Crippen LogP contribution is 2.37. The van der Waals surface area contributed by atoms with Crippen molar-refractivity contribution < 1.29 is 19.4 Å². The van der Waals surface area contributed by atoms with Gasteiger partial charge in [-0.2, -0.15) is 0 Å². The predicted molar refractivity (Wildman–Crippen MR) is 120 cm³/mol. The van der Waals surface area contributed by atoms with Crippen molar-refractivity contribution >= 4 is 38.4 Å². The van der Waals surface area contributed by atoms with Crippen molar-refractivity contribution in [3.05, 3.63) is 82.3 Å². The first-order chi connectivity index (χ1) is 15.0. The summed E-state index contributed by atoms with van der Waals surface area (Å²) in [5, 5.41) is 18.4. The maximum absolute atomic E-state index is 12.4. The van der Waals surface area contributed by atoms with Crippen LogP contribution in [-0.2, 0) is 6.61 Å². The largest absolute Gasteiger partial charge is 0.497 e. The van der Waals surface area contributed by atoms with Crippen LogP contribution in [0, 0.1) is 0 Å². The van der Waals surface area contributed by atoms with Gasteiger partial charge in [0.1, 0.15) is 18.1 Å². The summed E-state index contributed by atoms with van der Waals surface area (Å²) in [6.07, 6.45) is 0. The number of carbonyl (C=O) groups is 1. The minimum Gasteiger partial charge on any atom is -0.497 e. The van der Waals surface area contributed by atoms with E-state index in [0.29, 0.717) is 34.6 Å². The summed E-state index contributed by atoms with van der Waals surface area (Å²) in [5.41, 5.74) is 2.23. The summed E-state index contributed by atoms with van der Waals surface area (Å²) >= 11 is 3.40. The summed E-state index contributed by atoms with van der Waals surface area (Å²) < 4.78 is 11.9. The predicted octanol–water partition coefficient (Wildman–Crippen LogP) is 6.15. The number of hydrogen-bond acceptors (Lipinski definition) is 5. The second-order valence-corrected chi connectivity index (χ2v) is 7.59. The fourth-order valence-corrected chi connectivity index (χ4v) is 3.23. The van der Waals surface area contributed by atoms with E-state index in [1.807, 2.05) is 24.3 Å². The average molecular weight is 480 g/mol. The van der Waals surface area contributed by atoms with Gasteiger partial charge in [0, 0.05) is 15.4 Å². The van der Waals surface area contributed by atoms with Crippen LogP contribution in [0.2, 0.25) is 0 Å². The Morgan fingerprint density at radius 3 is 2.45 bits per heavy atom. The highest BCUT2D eigenvalue weighted by molar-refractivity contribution is 9.10. The molecule has 156 valence electrons. The molecular weight excluding hydrogens is 462 g/mol. The SMILES string of the molecule is COc1ccc2[nH]c(O)c(N=NC(=O)c3ccc(OCc4ccc(Br)cc4)cc3)c2c1. The highest BCUT2D eigenvalue weighted by atomic mass is 79.9. The number of aromatic nitrogens is 1. The Labute approximate surface area is 186 Å². The Morgan fingerprint density at radius 2 is 1.74 bits per heavy atom. The van der Waals surface area contributed by atoms with Gasteiger partial charge in [0.15, 0.2) is 5.69 Å². The average Bonchev–Trinajstić information content (AvgIpc) is 3.11. The van der Waals surface area contributed by atoms with E-state index < -0.39 is 5.91 Å². The van der Waals surface area contributed by atoms with Crippen LogP contribution in [0.15, 0.2) is 81.4 Å². The first-order valence-electron chi connectivity index (χ1n) is 9.35. The summed E-state index contributed by atoms with van der Waals surface area (Å²) in [4.78, 5) is 15.2. The minimum absolute atomic E-state index is 0.170. The van der Waals surface area contributed by atoms with Gasteiger partial charge in [0.05, 0.1) is 12.6 Å². The van der Waals surface area contributed by atoms with Gasteiger partial charge in [-0.15, -0.1) is 10.2 Å². The number of ether oxygens (including phenoxy) is 2. The van der Waals surface area contributed by atoms with Crippen molar-refractivity contribution in [2.45, 2.75) is 6.61 Å². The molecule has 0 atom stereocenters. The number of H-pyrrole nitrogens is 1. The number of nitrogens with one attached hydrogen (secondary N) is 1. The number of methoxy groups -OCH3 is 1. The lowest BCUT2D eigenvalue weighted by molar-refractivity contribution is 0.0995.